The predicted molar refractivity (Wildman–Crippen MR) is 128 cm³/mol. The van der Waals surface area contributed by atoms with Crippen LogP contribution in [0.4, 0.5) is 10.1 Å². The molecule has 0 fully saturated rings. The Morgan fingerprint density at radius 2 is 1.74 bits per heavy atom. The zero-order valence-electron chi connectivity index (χ0n) is 17.5. The van der Waals surface area contributed by atoms with E-state index >= 15 is 0 Å². The number of carbonyl (C=O) groups is 1. The number of hydrogen-bond acceptors (Lipinski definition) is 6. The van der Waals surface area contributed by atoms with E-state index in [0.29, 0.717) is 21.8 Å². The van der Waals surface area contributed by atoms with Crippen LogP contribution in [0.25, 0.3) is 11.3 Å². The van der Waals surface area contributed by atoms with Gasteiger partial charge in [0.1, 0.15) is 10.7 Å². The summed E-state index contributed by atoms with van der Waals surface area (Å²) >= 11 is 7.00. The third-order valence-electron chi connectivity index (χ3n) is 5.17. The minimum absolute atomic E-state index is 0.0516. The quantitative estimate of drug-likeness (QED) is 0.421. The van der Waals surface area contributed by atoms with E-state index < -0.39 is 21.7 Å². The highest BCUT2D eigenvalue weighted by atomic mass is 35.5. The smallest absolute Gasteiger partial charge is 0.279 e. The lowest BCUT2D eigenvalue weighted by Gasteiger charge is -2.06. The van der Waals surface area contributed by atoms with E-state index in [0.717, 1.165) is 11.3 Å². The molecular weight excluding hydrogens is 515 g/mol. The third-order valence-corrected chi connectivity index (χ3v) is 7.39. The number of thiazole rings is 1. The van der Waals surface area contributed by atoms with Crippen LogP contribution in [0.5, 0.6) is 5.88 Å². The maximum absolute atomic E-state index is 14.0. The summed E-state index contributed by atoms with van der Waals surface area (Å²) in [4.78, 5) is 21.6. The number of primary sulfonamides is 1. The third kappa shape index (κ3) is 4.30. The summed E-state index contributed by atoms with van der Waals surface area (Å²) in [6.45, 7) is 0. The maximum Gasteiger partial charge on any atom is 0.279 e. The summed E-state index contributed by atoms with van der Waals surface area (Å²) in [5, 5.41) is 17.4. The first-order valence-electron chi connectivity index (χ1n) is 9.93. The molecule has 3 aromatic carbocycles. The molecule has 0 spiro atoms. The van der Waals surface area contributed by atoms with Gasteiger partial charge in [-0.3, -0.25) is 9.36 Å². The van der Waals surface area contributed by atoms with Gasteiger partial charge in [0.15, 0.2) is 4.80 Å². The van der Waals surface area contributed by atoms with E-state index in [2.05, 4.69) is 9.98 Å². The van der Waals surface area contributed by atoms with Gasteiger partial charge in [-0.2, -0.15) is 0 Å². The monoisotopic (exact) mass is 528 g/mol. The SMILES string of the molecule is NS(=O)(=O)c1ccc(N=c2sc(C3=c4cc(F)ccc4=NC3=O)c(O)n2-c2ccc(Cl)cc2)cc1. The molecular formula is C23H14ClFN4O4S2. The van der Waals surface area contributed by atoms with Gasteiger partial charge in [0.25, 0.3) is 5.91 Å². The van der Waals surface area contributed by atoms with Gasteiger partial charge >= 0.3 is 0 Å². The molecule has 176 valence electrons. The van der Waals surface area contributed by atoms with Gasteiger partial charge in [-0.1, -0.05) is 22.9 Å². The van der Waals surface area contributed by atoms with Gasteiger partial charge in [0, 0.05) is 10.2 Å². The molecule has 0 saturated carbocycles. The number of fused-ring (bicyclic) bond motifs is 1. The molecule has 4 aromatic rings. The molecule has 12 heteroatoms. The number of nitrogens with two attached hydrogens (primary N) is 1. The summed E-state index contributed by atoms with van der Waals surface area (Å²) in [5.41, 5.74) is 0.916. The highest BCUT2D eigenvalue weighted by Gasteiger charge is 2.26. The van der Waals surface area contributed by atoms with E-state index in [4.69, 9.17) is 16.7 Å². The van der Waals surface area contributed by atoms with Crippen molar-refractivity contribution in [1.82, 2.24) is 4.57 Å². The zero-order chi connectivity index (χ0) is 24.9. The molecule has 1 aliphatic heterocycles. The van der Waals surface area contributed by atoms with Crippen LogP contribution in [-0.2, 0) is 14.8 Å². The lowest BCUT2D eigenvalue weighted by molar-refractivity contribution is -0.112. The van der Waals surface area contributed by atoms with E-state index in [1.807, 2.05) is 0 Å². The van der Waals surface area contributed by atoms with Gasteiger partial charge in [0.05, 0.1) is 27.2 Å². The summed E-state index contributed by atoms with van der Waals surface area (Å²) in [5.74, 6) is -1.46. The Hall–Kier alpha value is -3.64. The summed E-state index contributed by atoms with van der Waals surface area (Å²) in [7, 11) is -3.88. The Bertz CT molecular complexity index is 1810. The Labute approximate surface area is 206 Å². The van der Waals surface area contributed by atoms with Gasteiger partial charge in [0.2, 0.25) is 15.9 Å². The van der Waals surface area contributed by atoms with E-state index in [1.165, 1.54) is 47.0 Å². The van der Waals surface area contributed by atoms with Crippen molar-refractivity contribution >= 4 is 50.1 Å². The van der Waals surface area contributed by atoms with Crippen molar-refractivity contribution in [2.24, 2.45) is 15.1 Å². The van der Waals surface area contributed by atoms with Gasteiger partial charge in [-0.25, -0.2) is 27.9 Å². The molecule has 1 aliphatic rings. The van der Waals surface area contributed by atoms with Crippen molar-refractivity contribution in [3.63, 3.8) is 0 Å². The molecule has 0 radical (unpaired) electrons. The first-order valence-corrected chi connectivity index (χ1v) is 12.7. The number of amides is 1. The predicted octanol–water partition coefficient (Wildman–Crippen LogP) is 2.28. The molecule has 1 amide bonds. The Morgan fingerprint density at radius 3 is 2.40 bits per heavy atom. The standard InChI is InChI=1S/C23H14ClFN4O4S2/c24-12-1-6-15(7-2-12)29-22(31)20(19-17-11-13(25)3-10-18(17)28-21(19)30)34-23(29)27-14-4-8-16(9-5-14)35(26,32)33/h1-11,31H,(H2,26,32,33). The fourth-order valence-electron chi connectivity index (χ4n) is 3.56. The van der Waals surface area contributed by atoms with E-state index in [9.17, 15) is 22.7 Å². The number of benzene rings is 3. The van der Waals surface area contributed by atoms with Gasteiger partial charge in [-0.05, 0) is 66.7 Å². The first kappa shape index (κ1) is 23.1. The summed E-state index contributed by atoms with van der Waals surface area (Å²) < 4.78 is 38.5. The second-order valence-electron chi connectivity index (χ2n) is 7.45. The fraction of sp³-hybridized carbons (Fsp3) is 0. The second-order valence-corrected chi connectivity index (χ2v) is 10.4. The van der Waals surface area contributed by atoms with Crippen molar-refractivity contribution in [2.75, 3.05) is 0 Å². The number of aromatic nitrogens is 1. The normalized spacial score (nSPS) is 13.7. The Morgan fingerprint density at radius 1 is 1.06 bits per heavy atom. The molecule has 3 N–H and O–H groups in total. The van der Waals surface area contributed by atoms with Crippen molar-refractivity contribution in [1.29, 1.82) is 0 Å². The average molecular weight is 529 g/mol. The minimum atomic E-state index is -3.88. The topological polar surface area (TPSA) is 127 Å². The van der Waals surface area contributed by atoms with Crippen molar-refractivity contribution < 1.29 is 22.7 Å². The maximum atomic E-state index is 14.0. The number of sulfonamides is 1. The molecule has 8 nitrogen and oxygen atoms in total. The van der Waals surface area contributed by atoms with Crippen LogP contribution in [0, 0.1) is 5.82 Å². The molecule has 0 aliphatic carbocycles. The van der Waals surface area contributed by atoms with E-state index in [1.54, 1.807) is 24.3 Å². The lowest BCUT2D eigenvalue weighted by atomic mass is 10.1. The summed E-state index contributed by atoms with van der Waals surface area (Å²) in [6, 6.07) is 15.9. The first-order chi connectivity index (χ1) is 16.6. The Kier molecular flexibility index (Phi) is 5.64. The van der Waals surface area contributed by atoms with Crippen molar-refractivity contribution in [2.45, 2.75) is 4.90 Å². The molecule has 0 bridgehead atoms. The lowest BCUT2D eigenvalue weighted by Crippen LogP contribution is -2.23. The molecule has 5 rings (SSSR count). The van der Waals surface area contributed by atoms with Crippen LogP contribution in [0.1, 0.15) is 4.88 Å². The van der Waals surface area contributed by atoms with Crippen LogP contribution in [0.3, 0.4) is 0 Å². The number of carbonyl (C=O) groups excluding carboxylic acids is 1. The van der Waals surface area contributed by atoms with Crippen LogP contribution < -0.4 is 20.5 Å². The van der Waals surface area contributed by atoms with Crippen LogP contribution in [0.2, 0.25) is 5.02 Å². The number of nitrogens with zero attached hydrogens (tertiary/aromatic N) is 3. The number of hydrogen-bond donors (Lipinski definition) is 2. The molecule has 0 atom stereocenters. The number of rotatable bonds is 4. The van der Waals surface area contributed by atoms with Crippen LogP contribution in [0.15, 0.2) is 81.6 Å². The Balaban J connectivity index is 1.78. The highest BCUT2D eigenvalue weighted by Crippen LogP contribution is 2.31. The highest BCUT2D eigenvalue weighted by molar-refractivity contribution is 7.89. The molecule has 0 saturated heterocycles. The molecule has 1 aromatic heterocycles. The number of halogens is 2. The van der Waals surface area contributed by atoms with Crippen molar-refractivity contribution in [3.05, 3.63) is 97.8 Å². The zero-order valence-corrected chi connectivity index (χ0v) is 19.9. The molecule has 0 unspecified atom stereocenters. The molecule has 35 heavy (non-hydrogen) atoms. The minimum Gasteiger partial charge on any atom is -0.493 e. The fourth-order valence-corrected chi connectivity index (χ4v) is 5.30. The largest absolute Gasteiger partial charge is 0.493 e. The summed E-state index contributed by atoms with van der Waals surface area (Å²) in [6.07, 6.45) is 0. The van der Waals surface area contributed by atoms with Gasteiger partial charge < -0.3 is 5.11 Å². The van der Waals surface area contributed by atoms with Crippen molar-refractivity contribution in [3.8, 4) is 11.6 Å². The second kappa shape index (κ2) is 8.54. The van der Waals surface area contributed by atoms with E-state index in [-0.39, 0.29) is 31.2 Å². The average Bonchev–Trinajstić information content (AvgIpc) is 3.29. The van der Waals surface area contributed by atoms with Crippen LogP contribution in [-0.4, -0.2) is 24.0 Å². The van der Waals surface area contributed by atoms with Crippen LogP contribution >= 0.6 is 22.9 Å². The number of aromatic hydroxyl groups is 1. The molecule has 2 heterocycles. The van der Waals surface area contributed by atoms with Gasteiger partial charge in [-0.15, -0.1) is 0 Å².